The first-order valence-electron chi connectivity index (χ1n) is 7.97. The normalized spacial score (nSPS) is 10.4. The molecule has 0 fully saturated rings. The molecule has 6 heteroatoms. The van der Waals surface area contributed by atoms with Crippen molar-refractivity contribution in [1.82, 2.24) is 15.0 Å². The molecule has 2 heterocycles. The minimum Gasteiger partial charge on any atom is -0.339 e. The number of fused-ring (bicyclic) bond motifs is 1. The molecule has 6 nitrogen and oxygen atoms in total. The maximum atomic E-state index is 12.4. The fraction of sp³-hybridized carbons (Fsp3) is 0. The Bertz CT molecular complexity index is 1180. The molecule has 0 aliphatic rings. The predicted octanol–water partition coefficient (Wildman–Crippen LogP) is 3.60. The van der Waals surface area contributed by atoms with Crippen LogP contribution in [0.5, 0.6) is 0 Å². The number of nitrogens with one attached hydrogen (secondary N) is 2. The molecular weight excluding hydrogens is 326 g/mol. The number of nitriles is 1. The molecular formula is C20H13N5O. The van der Waals surface area contributed by atoms with Crippen molar-refractivity contribution in [3.8, 4) is 17.2 Å². The van der Waals surface area contributed by atoms with E-state index in [1.54, 1.807) is 0 Å². The second kappa shape index (κ2) is 6.49. The summed E-state index contributed by atoms with van der Waals surface area (Å²) in [5, 5.41) is 13.3. The number of hydrogen-bond donors (Lipinski definition) is 2. The number of H-pyrrole nitrogens is 1. The molecule has 0 saturated carbocycles. The molecule has 0 bridgehead atoms. The van der Waals surface area contributed by atoms with Gasteiger partial charge in [-0.3, -0.25) is 4.79 Å². The Labute approximate surface area is 148 Å². The second-order valence-corrected chi connectivity index (χ2v) is 5.61. The van der Waals surface area contributed by atoms with Gasteiger partial charge >= 0.3 is 0 Å². The van der Waals surface area contributed by atoms with Crippen LogP contribution in [0.15, 0.2) is 71.8 Å². The van der Waals surface area contributed by atoms with Gasteiger partial charge < -0.3 is 10.3 Å². The Morgan fingerprint density at radius 1 is 1.00 bits per heavy atom. The van der Waals surface area contributed by atoms with Gasteiger partial charge in [-0.25, -0.2) is 9.97 Å². The molecule has 0 aliphatic heterocycles. The lowest BCUT2D eigenvalue weighted by atomic mass is 9.98. The van der Waals surface area contributed by atoms with Crippen LogP contribution >= 0.6 is 0 Å². The van der Waals surface area contributed by atoms with E-state index in [-0.39, 0.29) is 11.2 Å². The molecule has 0 unspecified atom stereocenters. The summed E-state index contributed by atoms with van der Waals surface area (Å²) in [5.74, 6) is 0.364. The van der Waals surface area contributed by atoms with Crippen LogP contribution in [-0.4, -0.2) is 15.0 Å². The minimum absolute atomic E-state index is 0.282. The summed E-state index contributed by atoms with van der Waals surface area (Å²) in [6.45, 7) is 0. The van der Waals surface area contributed by atoms with Crippen LogP contribution in [0.25, 0.3) is 22.2 Å². The van der Waals surface area contributed by atoms with E-state index in [9.17, 15) is 10.1 Å². The number of anilines is 2. The maximum absolute atomic E-state index is 12.4. The van der Waals surface area contributed by atoms with Crippen molar-refractivity contribution in [1.29, 1.82) is 5.26 Å². The number of para-hydroxylation sites is 1. The van der Waals surface area contributed by atoms with Gasteiger partial charge in [-0.2, -0.15) is 5.26 Å². The molecule has 0 saturated heterocycles. The van der Waals surface area contributed by atoms with Gasteiger partial charge in [-0.05, 0) is 17.7 Å². The van der Waals surface area contributed by atoms with Crippen molar-refractivity contribution in [2.75, 3.05) is 5.32 Å². The topological polar surface area (TPSA) is 94.5 Å². The Kier molecular flexibility index (Phi) is 3.88. The largest absolute Gasteiger partial charge is 0.339 e. The summed E-state index contributed by atoms with van der Waals surface area (Å²) in [7, 11) is 0. The van der Waals surface area contributed by atoms with Crippen LogP contribution < -0.4 is 10.9 Å². The van der Waals surface area contributed by atoms with Gasteiger partial charge in [-0.15, -0.1) is 0 Å². The highest BCUT2D eigenvalue weighted by Crippen LogP contribution is 2.33. The summed E-state index contributed by atoms with van der Waals surface area (Å²) in [4.78, 5) is 23.6. The first-order valence-corrected chi connectivity index (χ1v) is 7.97. The molecule has 2 aromatic heterocycles. The van der Waals surface area contributed by atoms with E-state index in [2.05, 4.69) is 26.3 Å². The van der Waals surface area contributed by atoms with Gasteiger partial charge in [0.1, 0.15) is 11.6 Å². The average molecular weight is 339 g/mol. The third-order valence-electron chi connectivity index (χ3n) is 4.00. The summed E-state index contributed by atoms with van der Waals surface area (Å²) < 4.78 is 0. The van der Waals surface area contributed by atoms with Crippen LogP contribution in [0.1, 0.15) is 5.56 Å². The first kappa shape index (κ1) is 15.5. The van der Waals surface area contributed by atoms with Crippen LogP contribution in [0.2, 0.25) is 0 Å². The van der Waals surface area contributed by atoms with E-state index < -0.39 is 0 Å². The molecule has 0 amide bonds. The van der Waals surface area contributed by atoms with Gasteiger partial charge in [0, 0.05) is 11.3 Å². The summed E-state index contributed by atoms with van der Waals surface area (Å²) in [6.07, 6.45) is 1.31. The molecule has 0 atom stereocenters. The van der Waals surface area contributed by atoms with E-state index in [1.165, 1.54) is 6.33 Å². The third-order valence-corrected chi connectivity index (χ3v) is 4.00. The summed E-state index contributed by atoms with van der Waals surface area (Å²) in [6, 6.07) is 20.9. The van der Waals surface area contributed by atoms with Crippen molar-refractivity contribution >= 4 is 22.5 Å². The average Bonchev–Trinajstić information content (AvgIpc) is 2.69. The smallest absolute Gasteiger partial charge is 0.260 e. The SMILES string of the molecule is N#Cc1c(Nc2ccccc2)nc2nc[nH]c(=O)c2c1-c1ccccc1. The van der Waals surface area contributed by atoms with Crippen molar-refractivity contribution in [3.63, 3.8) is 0 Å². The number of aromatic nitrogens is 3. The molecule has 2 aromatic carbocycles. The maximum Gasteiger partial charge on any atom is 0.260 e. The van der Waals surface area contributed by atoms with E-state index in [1.807, 2.05) is 60.7 Å². The van der Waals surface area contributed by atoms with E-state index in [0.29, 0.717) is 22.3 Å². The van der Waals surface area contributed by atoms with Crippen molar-refractivity contribution in [2.45, 2.75) is 0 Å². The van der Waals surface area contributed by atoms with Crippen molar-refractivity contribution in [2.24, 2.45) is 0 Å². The molecule has 4 rings (SSSR count). The highest BCUT2D eigenvalue weighted by atomic mass is 16.1. The monoisotopic (exact) mass is 339 g/mol. The van der Waals surface area contributed by atoms with E-state index in [4.69, 9.17) is 0 Å². The molecule has 124 valence electrons. The lowest BCUT2D eigenvalue weighted by Crippen LogP contribution is -2.11. The van der Waals surface area contributed by atoms with Crippen LogP contribution in [0.3, 0.4) is 0 Å². The number of rotatable bonds is 3. The zero-order valence-corrected chi connectivity index (χ0v) is 13.6. The molecule has 0 spiro atoms. The lowest BCUT2D eigenvalue weighted by Gasteiger charge is -2.13. The van der Waals surface area contributed by atoms with Crippen LogP contribution in [0, 0.1) is 11.3 Å². The Balaban J connectivity index is 2.06. The molecule has 0 radical (unpaired) electrons. The Morgan fingerprint density at radius 2 is 1.69 bits per heavy atom. The number of hydrogen-bond acceptors (Lipinski definition) is 5. The Morgan fingerprint density at radius 3 is 2.38 bits per heavy atom. The van der Waals surface area contributed by atoms with Gasteiger partial charge in [0.05, 0.1) is 11.7 Å². The van der Waals surface area contributed by atoms with Crippen LogP contribution in [-0.2, 0) is 0 Å². The quantitative estimate of drug-likeness (QED) is 0.595. The van der Waals surface area contributed by atoms with Gasteiger partial charge in [0.15, 0.2) is 11.5 Å². The number of nitrogens with zero attached hydrogens (tertiary/aromatic N) is 3. The van der Waals surface area contributed by atoms with E-state index in [0.717, 1.165) is 11.3 Å². The first-order chi connectivity index (χ1) is 12.8. The molecule has 26 heavy (non-hydrogen) atoms. The number of pyridine rings is 1. The second-order valence-electron chi connectivity index (χ2n) is 5.61. The number of benzene rings is 2. The zero-order chi connectivity index (χ0) is 17.9. The highest BCUT2D eigenvalue weighted by Gasteiger charge is 2.19. The predicted molar refractivity (Wildman–Crippen MR) is 100 cm³/mol. The van der Waals surface area contributed by atoms with Crippen LogP contribution in [0.4, 0.5) is 11.5 Å². The molecule has 2 N–H and O–H groups in total. The fourth-order valence-electron chi connectivity index (χ4n) is 2.86. The minimum atomic E-state index is -0.330. The highest BCUT2D eigenvalue weighted by molar-refractivity contribution is 5.98. The molecule has 4 aromatic rings. The summed E-state index contributed by atoms with van der Waals surface area (Å²) in [5.41, 5.74) is 2.32. The fourth-order valence-corrected chi connectivity index (χ4v) is 2.86. The third kappa shape index (κ3) is 2.68. The van der Waals surface area contributed by atoms with Gasteiger partial charge in [0.2, 0.25) is 0 Å². The van der Waals surface area contributed by atoms with Gasteiger partial charge in [0.25, 0.3) is 5.56 Å². The summed E-state index contributed by atoms with van der Waals surface area (Å²) >= 11 is 0. The lowest BCUT2D eigenvalue weighted by molar-refractivity contribution is 1.14. The zero-order valence-electron chi connectivity index (χ0n) is 13.6. The van der Waals surface area contributed by atoms with Crippen molar-refractivity contribution in [3.05, 3.63) is 82.9 Å². The number of aromatic amines is 1. The van der Waals surface area contributed by atoms with E-state index >= 15 is 0 Å². The van der Waals surface area contributed by atoms with Gasteiger partial charge in [-0.1, -0.05) is 48.5 Å². The Hall–Kier alpha value is -3.98. The van der Waals surface area contributed by atoms with Crippen molar-refractivity contribution < 1.29 is 0 Å². The molecule has 0 aliphatic carbocycles. The standard InChI is InChI=1S/C20H13N5O/c21-11-15-16(13-7-3-1-4-8-13)17-19(22-12-23-20(17)26)25-18(15)24-14-9-5-2-6-10-14/h1-10,12H,(H2,22,23,24,25,26).